The number of nitrogens with zero attached hydrogens (tertiary/aromatic N) is 1. The van der Waals surface area contributed by atoms with Crippen molar-refractivity contribution in [2.75, 3.05) is 5.73 Å². The Morgan fingerprint density at radius 2 is 2.07 bits per heavy atom. The molecule has 0 aliphatic rings. The molecule has 1 aromatic heterocycles. The number of carbonyl (C=O) groups is 1. The van der Waals surface area contributed by atoms with Crippen molar-refractivity contribution in [1.29, 1.82) is 0 Å². The predicted octanol–water partition coefficient (Wildman–Crippen LogP) is 2.31. The summed E-state index contributed by atoms with van der Waals surface area (Å²) in [6.45, 7) is 5.79. The van der Waals surface area contributed by atoms with Crippen molar-refractivity contribution in [2.45, 2.75) is 26.2 Å². The number of aromatic carboxylic acids is 1. The van der Waals surface area contributed by atoms with Gasteiger partial charge in [0.1, 0.15) is 11.4 Å². The topological polar surface area (TPSA) is 76.2 Å². The van der Waals surface area contributed by atoms with E-state index >= 15 is 0 Å². The van der Waals surface area contributed by atoms with E-state index in [2.05, 4.69) is 4.98 Å². The number of aromatic nitrogens is 1. The molecule has 15 heavy (non-hydrogen) atoms. The van der Waals surface area contributed by atoms with Gasteiger partial charge in [0.25, 0.3) is 0 Å². The van der Waals surface area contributed by atoms with Crippen LogP contribution in [0, 0.1) is 0 Å². The highest BCUT2D eigenvalue weighted by atomic mass is 35.5. The molecule has 0 spiro atoms. The number of nitrogens with two attached hydrogens (primary N) is 1. The Morgan fingerprint density at radius 3 is 2.47 bits per heavy atom. The molecule has 5 heteroatoms. The zero-order valence-electron chi connectivity index (χ0n) is 8.84. The molecule has 0 aromatic carbocycles. The minimum Gasteiger partial charge on any atom is -0.478 e. The van der Waals surface area contributed by atoms with Gasteiger partial charge in [0.15, 0.2) is 0 Å². The summed E-state index contributed by atoms with van der Waals surface area (Å²) < 4.78 is 0. The maximum Gasteiger partial charge on any atom is 0.339 e. The zero-order valence-corrected chi connectivity index (χ0v) is 9.59. The molecule has 0 unspecified atom stereocenters. The maximum atomic E-state index is 10.8. The number of pyridine rings is 1. The van der Waals surface area contributed by atoms with Crippen LogP contribution in [0.25, 0.3) is 0 Å². The van der Waals surface area contributed by atoms with E-state index in [1.807, 2.05) is 20.8 Å². The van der Waals surface area contributed by atoms with E-state index in [0.29, 0.717) is 10.7 Å². The second-order valence-electron chi connectivity index (χ2n) is 4.31. The van der Waals surface area contributed by atoms with Crippen molar-refractivity contribution in [3.63, 3.8) is 0 Å². The lowest BCUT2D eigenvalue weighted by atomic mass is 9.91. The Hall–Kier alpha value is -1.29. The third-order valence-corrected chi connectivity index (χ3v) is 2.23. The van der Waals surface area contributed by atoms with E-state index in [9.17, 15) is 4.79 Å². The van der Waals surface area contributed by atoms with Crippen molar-refractivity contribution >= 4 is 23.4 Å². The Kier molecular flexibility index (Phi) is 2.90. The molecule has 0 bridgehead atoms. The first-order valence-corrected chi connectivity index (χ1v) is 4.81. The lowest BCUT2D eigenvalue weighted by Gasteiger charge is -2.20. The number of hydrogen-bond donors (Lipinski definition) is 2. The average Bonchev–Trinajstić information content (AvgIpc) is 2.06. The fourth-order valence-corrected chi connectivity index (χ4v) is 1.64. The fraction of sp³-hybridized carbons (Fsp3) is 0.400. The molecule has 0 atom stereocenters. The quantitative estimate of drug-likeness (QED) is 0.773. The summed E-state index contributed by atoms with van der Waals surface area (Å²) in [4.78, 5) is 14.8. The van der Waals surface area contributed by atoms with Crippen LogP contribution in [-0.2, 0) is 5.41 Å². The molecule has 1 aromatic rings. The number of hydrogen-bond acceptors (Lipinski definition) is 3. The van der Waals surface area contributed by atoms with E-state index in [-0.39, 0.29) is 16.8 Å². The van der Waals surface area contributed by atoms with Crippen LogP contribution in [0.15, 0.2) is 6.07 Å². The van der Waals surface area contributed by atoms with Gasteiger partial charge in [0, 0.05) is 5.41 Å². The molecule has 0 radical (unpaired) electrons. The number of carboxylic acid groups (broad SMARTS) is 1. The van der Waals surface area contributed by atoms with Crippen LogP contribution < -0.4 is 5.73 Å². The second-order valence-corrected chi connectivity index (χ2v) is 4.71. The van der Waals surface area contributed by atoms with E-state index in [4.69, 9.17) is 22.4 Å². The molecule has 0 amide bonds. The van der Waals surface area contributed by atoms with Crippen LogP contribution in [0.5, 0.6) is 0 Å². The monoisotopic (exact) mass is 228 g/mol. The first kappa shape index (κ1) is 11.8. The van der Waals surface area contributed by atoms with Gasteiger partial charge >= 0.3 is 5.97 Å². The lowest BCUT2D eigenvalue weighted by Crippen LogP contribution is -2.17. The molecule has 0 aliphatic heterocycles. The number of nitrogen functional groups attached to an aromatic ring is 1. The molecule has 82 valence electrons. The highest BCUT2D eigenvalue weighted by Gasteiger charge is 2.22. The number of rotatable bonds is 1. The Morgan fingerprint density at radius 1 is 1.53 bits per heavy atom. The van der Waals surface area contributed by atoms with Crippen LogP contribution in [0.1, 0.15) is 36.8 Å². The summed E-state index contributed by atoms with van der Waals surface area (Å²) >= 11 is 5.95. The second kappa shape index (κ2) is 3.70. The smallest absolute Gasteiger partial charge is 0.339 e. The molecule has 0 saturated heterocycles. The van der Waals surface area contributed by atoms with Gasteiger partial charge in [0.2, 0.25) is 0 Å². The van der Waals surface area contributed by atoms with Crippen molar-refractivity contribution < 1.29 is 9.90 Å². The summed E-state index contributed by atoms with van der Waals surface area (Å²) in [5, 5.41) is 9.13. The lowest BCUT2D eigenvalue weighted by molar-refractivity contribution is 0.0697. The maximum absolute atomic E-state index is 10.8. The normalized spacial score (nSPS) is 11.5. The van der Waals surface area contributed by atoms with Gasteiger partial charge in [-0.15, -0.1) is 0 Å². The van der Waals surface area contributed by atoms with Gasteiger partial charge in [-0.1, -0.05) is 32.4 Å². The summed E-state index contributed by atoms with van der Waals surface area (Å²) in [5.74, 6) is -1.13. The average molecular weight is 229 g/mol. The standard InChI is InChI=1S/C10H13ClN2O2/c1-10(2,3)7-6(11)4-5(9(14)15)8(12)13-7/h4H,1-3H3,(H2,12,13)(H,14,15). The Labute approximate surface area is 93.1 Å². The van der Waals surface area contributed by atoms with Crippen LogP contribution in [0.3, 0.4) is 0 Å². The van der Waals surface area contributed by atoms with Gasteiger partial charge in [-0.2, -0.15) is 0 Å². The fourth-order valence-electron chi connectivity index (χ4n) is 1.20. The highest BCUT2D eigenvalue weighted by molar-refractivity contribution is 6.31. The van der Waals surface area contributed by atoms with E-state index in [1.54, 1.807) is 0 Å². The predicted molar refractivity (Wildman–Crippen MR) is 59.3 cm³/mol. The Balaban J connectivity index is 3.39. The molecule has 1 rings (SSSR count). The molecule has 4 nitrogen and oxygen atoms in total. The minimum absolute atomic E-state index is 0.00294. The Bertz CT molecular complexity index is 411. The van der Waals surface area contributed by atoms with E-state index in [0.717, 1.165) is 0 Å². The molecule has 1 heterocycles. The van der Waals surface area contributed by atoms with Crippen molar-refractivity contribution in [2.24, 2.45) is 0 Å². The molecule has 0 saturated carbocycles. The SMILES string of the molecule is CC(C)(C)c1nc(N)c(C(=O)O)cc1Cl. The van der Waals surface area contributed by atoms with E-state index < -0.39 is 5.97 Å². The number of carboxylic acids is 1. The zero-order chi connectivity index (χ0) is 11.8. The van der Waals surface area contributed by atoms with Gasteiger partial charge < -0.3 is 10.8 Å². The first-order valence-electron chi connectivity index (χ1n) is 4.43. The van der Waals surface area contributed by atoms with Gasteiger partial charge in [-0.05, 0) is 6.07 Å². The molecular weight excluding hydrogens is 216 g/mol. The largest absolute Gasteiger partial charge is 0.478 e. The number of halogens is 1. The molecule has 3 N–H and O–H groups in total. The first-order chi connectivity index (χ1) is 6.73. The van der Waals surface area contributed by atoms with Gasteiger partial charge in [0.05, 0.1) is 10.7 Å². The van der Waals surface area contributed by atoms with Crippen molar-refractivity contribution in [3.05, 3.63) is 22.3 Å². The van der Waals surface area contributed by atoms with Crippen molar-refractivity contribution in [1.82, 2.24) is 4.98 Å². The van der Waals surface area contributed by atoms with Crippen molar-refractivity contribution in [3.8, 4) is 0 Å². The molecule has 0 aliphatic carbocycles. The highest BCUT2D eigenvalue weighted by Crippen LogP contribution is 2.29. The third-order valence-electron chi connectivity index (χ3n) is 1.95. The number of anilines is 1. The van der Waals surface area contributed by atoms with Crippen LogP contribution in [0.2, 0.25) is 5.02 Å². The van der Waals surface area contributed by atoms with Crippen LogP contribution >= 0.6 is 11.6 Å². The molecule has 0 fully saturated rings. The van der Waals surface area contributed by atoms with Crippen LogP contribution in [0.4, 0.5) is 5.82 Å². The third kappa shape index (κ3) is 2.39. The molecular formula is C10H13ClN2O2. The summed E-state index contributed by atoms with van der Waals surface area (Å²) in [7, 11) is 0. The van der Waals surface area contributed by atoms with Crippen LogP contribution in [-0.4, -0.2) is 16.1 Å². The summed E-state index contributed by atoms with van der Waals surface area (Å²) in [6, 6.07) is 1.34. The van der Waals surface area contributed by atoms with Gasteiger partial charge in [-0.25, -0.2) is 9.78 Å². The van der Waals surface area contributed by atoms with Gasteiger partial charge in [-0.3, -0.25) is 0 Å². The van der Waals surface area contributed by atoms with E-state index in [1.165, 1.54) is 6.07 Å². The summed E-state index contributed by atoms with van der Waals surface area (Å²) in [6.07, 6.45) is 0. The minimum atomic E-state index is -1.12. The summed E-state index contributed by atoms with van der Waals surface area (Å²) in [5.41, 5.74) is 5.82.